The average molecular weight is 1280 g/mol. The van der Waals surface area contributed by atoms with Crippen LogP contribution in [0.4, 0.5) is 31.4 Å². The molecule has 93 heavy (non-hydrogen) atoms. The Morgan fingerprint density at radius 1 is 0.462 bits per heavy atom. The van der Waals surface area contributed by atoms with Crippen LogP contribution < -0.4 is 30.2 Å². The first kappa shape index (κ1) is 72.2. The number of anilines is 3. The van der Waals surface area contributed by atoms with Gasteiger partial charge in [-0.25, -0.2) is 14.4 Å². The molecule has 18 nitrogen and oxygen atoms in total. The third kappa shape index (κ3) is 19.0. The van der Waals surface area contributed by atoms with E-state index >= 15 is 0 Å². The van der Waals surface area contributed by atoms with E-state index in [9.17, 15) is 29.7 Å². The van der Waals surface area contributed by atoms with E-state index in [2.05, 4.69) is 5.32 Å². The van der Waals surface area contributed by atoms with Crippen LogP contribution in [0, 0.1) is 0 Å². The number of nitrogens with zero attached hydrogens (tertiary/aromatic N) is 4. The maximum absolute atomic E-state index is 13.4. The number of carbonyl (C=O) groups excluding carboxylic acids is 3. The molecule has 3 heterocycles. The van der Waals surface area contributed by atoms with Crippen molar-refractivity contribution in [3.63, 3.8) is 0 Å². The molecule has 504 valence electrons. The van der Waals surface area contributed by atoms with E-state index in [1.807, 2.05) is 250 Å². The van der Waals surface area contributed by atoms with Gasteiger partial charge in [-0.15, -0.1) is 0 Å². The maximum atomic E-state index is 13.4. The number of benzene rings is 6. The molecular formula is C75H102N6O12. The van der Waals surface area contributed by atoms with E-state index in [1.165, 1.54) is 0 Å². The molecule has 0 saturated carbocycles. The van der Waals surface area contributed by atoms with Crippen molar-refractivity contribution in [2.75, 3.05) is 56.7 Å². The number of amides is 3. The zero-order valence-electron chi connectivity index (χ0n) is 57.9. The van der Waals surface area contributed by atoms with Crippen LogP contribution in [0.3, 0.4) is 0 Å². The number of nitrogen functional groups attached to an aromatic ring is 1. The molecular weight excluding hydrogens is 1180 g/mol. The molecule has 3 aliphatic rings. The molecule has 3 amide bonds. The zero-order valence-corrected chi connectivity index (χ0v) is 57.9. The molecule has 9 rings (SSSR count). The number of nitrogens with one attached hydrogen (secondary N) is 1. The van der Waals surface area contributed by atoms with Crippen LogP contribution in [-0.4, -0.2) is 141 Å². The van der Waals surface area contributed by atoms with Crippen molar-refractivity contribution in [3.8, 4) is 17.2 Å². The van der Waals surface area contributed by atoms with E-state index in [-0.39, 0.29) is 0 Å². The van der Waals surface area contributed by atoms with Crippen molar-refractivity contribution < 1.29 is 58.1 Å². The summed E-state index contributed by atoms with van der Waals surface area (Å²) in [7, 11) is 5.78. The second-order valence-electron chi connectivity index (χ2n) is 28.9. The van der Waals surface area contributed by atoms with Crippen molar-refractivity contribution in [1.82, 2.24) is 14.7 Å². The number of hydrogen-bond acceptors (Lipinski definition) is 15. The summed E-state index contributed by atoms with van der Waals surface area (Å²) in [6.07, 6.45) is -2.24. The van der Waals surface area contributed by atoms with Gasteiger partial charge >= 0.3 is 18.3 Å². The third-order valence-corrected chi connectivity index (χ3v) is 16.3. The van der Waals surface area contributed by atoms with Gasteiger partial charge in [0.05, 0.1) is 18.1 Å². The molecule has 6 atom stereocenters. The van der Waals surface area contributed by atoms with Crippen molar-refractivity contribution in [1.29, 1.82) is 0 Å². The minimum absolute atomic E-state index is 0.389. The molecule has 0 unspecified atom stereocenters. The fourth-order valence-electron chi connectivity index (χ4n) is 11.4. The van der Waals surface area contributed by atoms with Gasteiger partial charge in [-0.3, -0.25) is 14.7 Å². The molecule has 18 heteroatoms. The first-order valence-electron chi connectivity index (χ1n) is 32.1. The molecule has 0 saturated heterocycles. The van der Waals surface area contributed by atoms with Crippen LogP contribution in [0.5, 0.6) is 17.2 Å². The summed E-state index contributed by atoms with van der Waals surface area (Å²) in [5, 5.41) is 37.0. The zero-order chi connectivity index (χ0) is 68.6. The number of aliphatic hydroxyl groups excluding tert-OH is 3. The summed E-state index contributed by atoms with van der Waals surface area (Å²) in [4.78, 5) is 46.8. The Morgan fingerprint density at radius 3 is 1.08 bits per heavy atom. The average Bonchev–Trinajstić information content (AvgIpc) is 0.769. The monoisotopic (exact) mass is 1280 g/mol. The van der Waals surface area contributed by atoms with Crippen molar-refractivity contribution >= 4 is 35.3 Å². The van der Waals surface area contributed by atoms with Gasteiger partial charge in [-0.2, -0.15) is 0 Å². The Hall–Kier alpha value is -8.19. The van der Waals surface area contributed by atoms with Crippen LogP contribution in [0.25, 0.3) is 0 Å². The van der Waals surface area contributed by atoms with Gasteiger partial charge in [-0.05, 0) is 158 Å². The normalized spacial score (nSPS) is 19.8. The molecule has 6 aromatic carbocycles. The number of nitrogens with two attached hydrogens (primary N) is 1. The lowest BCUT2D eigenvalue weighted by atomic mass is 9.85. The fourth-order valence-corrected chi connectivity index (χ4v) is 11.4. The molecule has 0 bridgehead atoms. The number of hydrogen-bond donors (Lipinski definition) is 5. The summed E-state index contributed by atoms with van der Waals surface area (Å²) in [5.41, 5.74) is 9.39. The largest absolute Gasteiger partial charge is 0.485 e. The first-order chi connectivity index (χ1) is 43.4. The van der Waals surface area contributed by atoms with Crippen LogP contribution in [-0.2, 0) is 33.5 Å². The molecule has 0 radical (unpaired) electrons. The van der Waals surface area contributed by atoms with Gasteiger partial charge in [0.25, 0.3) is 0 Å². The van der Waals surface area contributed by atoms with Gasteiger partial charge in [0.15, 0.2) is 0 Å². The number of ether oxygens (including phenoxy) is 6. The molecule has 0 fully saturated rings. The lowest BCUT2D eigenvalue weighted by Gasteiger charge is -2.46. The lowest BCUT2D eigenvalue weighted by Crippen LogP contribution is -2.55. The highest BCUT2D eigenvalue weighted by Gasteiger charge is 2.51. The topological polar surface area (TPSA) is 218 Å². The van der Waals surface area contributed by atoms with Crippen LogP contribution >= 0.6 is 0 Å². The maximum Gasteiger partial charge on any atom is 0.410 e. The highest BCUT2D eigenvalue weighted by atomic mass is 16.6. The molecule has 6 aromatic rings. The number of rotatable bonds is 14. The Bertz CT molecular complexity index is 3450. The SMILES string of the molecule is CC(C)(C)OC(=O)N(CCc1ccccc1)[C@H]1c2ccc(N)cc2OC(C)(C)[C@@H]1O.CN(C)c1ccc2c(c1)OC(C)(C)[C@H](O)[C@H]2N(CCc1ccccc1)C(=O)OC(C)(C)C.CNc1ccc2c(c1)OC(C)(C)[C@H](O)[C@H]2N(CCc1ccccc1)C(=O)OC(C)(C)C. The Balaban J connectivity index is 0.000000198. The smallest absolute Gasteiger partial charge is 0.410 e. The van der Waals surface area contributed by atoms with Crippen molar-refractivity contribution in [2.24, 2.45) is 0 Å². The van der Waals surface area contributed by atoms with E-state index in [1.54, 1.807) is 40.7 Å². The highest BCUT2D eigenvalue weighted by Crippen LogP contribution is 2.48. The Labute approximate surface area is 551 Å². The third-order valence-electron chi connectivity index (χ3n) is 16.3. The molecule has 0 spiro atoms. The Morgan fingerprint density at radius 2 is 0.763 bits per heavy atom. The van der Waals surface area contributed by atoms with Gasteiger partial charge < -0.3 is 59.7 Å². The molecule has 0 aromatic heterocycles. The van der Waals surface area contributed by atoms with Gasteiger partial charge in [0, 0.05) is 92.7 Å². The van der Waals surface area contributed by atoms with Gasteiger partial charge in [-0.1, -0.05) is 109 Å². The second kappa shape index (κ2) is 29.4. The summed E-state index contributed by atoms with van der Waals surface area (Å²) < 4.78 is 35.6. The minimum Gasteiger partial charge on any atom is -0.485 e. The van der Waals surface area contributed by atoms with Gasteiger partial charge in [0.2, 0.25) is 0 Å². The van der Waals surface area contributed by atoms with E-state index in [4.69, 9.17) is 34.2 Å². The number of carbonyl (C=O) groups is 3. The van der Waals surface area contributed by atoms with Gasteiger partial charge in [0.1, 0.15) is 69.2 Å². The van der Waals surface area contributed by atoms with Crippen LogP contribution in [0.1, 0.15) is 155 Å². The van der Waals surface area contributed by atoms with E-state index < -0.39 is 88.3 Å². The summed E-state index contributed by atoms with van der Waals surface area (Å²) in [6, 6.07) is 45.0. The minimum atomic E-state index is -0.947. The van der Waals surface area contributed by atoms with Crippen LogP contribution in [0.15, 0.2) is 146 Å². The second-order valence-corrected chi connectivity index (χ2v) is 28.9. The van der Waals surface area contributed by atoms with Crippen molar-refractivity contribution in [2.45, 2.75) is 193 Å². The van der Waals surface area contributed by atoms with E-state index in [0.717, 1.165) is 44.8 Å². The summed E-state index contributed by atoms with van der Waals surface area (Å²) >= 11 is 0. The standard InChI is InChI=1S/C26H36N2O4.C25H34N2O4.C24H32N2O4/c1-25(2,3)32-24(30)28(16-15-18-11-9-8-10-12-18)22-20-14-13-19(27(6)7)17-21(20)31-26(4,5)23(22)29;1-24(2,3)31-23(29)27(15-14-17-10-8-7-9-11-17)21-19-13-12-18(26-6)16-20(19)30-25(4,5)22(21)28;1-23(2,3)30-22(28)26(14-13-16-9-7-6-8-10-16)20-18-12-11-17(25)15-19(18)29-24(4,5)21(20)27/h8-14,17,22-23,29H,15-16H2,1-7H3;7-13,16,21-22,26,28H,14-15H2,1-6H3;6-12,15,20-21,27H,13-14,25H2,1-5H3/t22-,23+;21-,22+;20-,21+/m000/s1. The van der Waals surface area contributed by atoms with E-state index in [0.29, 0.717) is 61.8 Å². The number of aliphatic hydroxyl groups is 3. The predicted octanol–water partition coefficient (Wildman–Crippen LogP) is 13.9. The number of fused-ring (bicyclic) bond motifs is 3. The highest BCUT2D eigenvalue weighted by molar-refractivity contribution is 5.72. The molecule has 6 N–H and O–H groups in total. The lowest BCUT2D eigenvalue weighted by molar-refractivity contribution is -0.0939. The molecule has 3 aliphatic heterocycles. The van der Waals surface area contributed by atoms with Crippen molar-refractivity contribution in [3.05, 3.63) is 179 Å². The first-order valence-corrected chi connectivity index (χ1v) is 32.1. The quantitative estimate of drug-likeness (QED) is 0.0506. The summed E-state index contributed by atoms with van der Waals surface area (Å²) in [6.45, 7) is 28.8. The summed E-state index contributed by atoms with van der Waals surface area (Å²) in [5.74, 6) is 1.90. The Kier molecular flexibility index (Phi) is 22.8. The fraction of sp³-hybridized carbons (Fsp3) is 0.480. The predicted molar refractivity (Wildman–Crippen MR) is 367 cm³/mol. The van der Waals surface area contributed by atoms with Crippen LogP contribution in [0.2, 0.25) is 0 Å². The molecule has 0 aliphatic carbocycles.